The maximum Gasteiger partial charge on any atom is 0.0412 e. The number of thioether (sulfide) groups is 1. The molecule has 0 radical (unpaired) electrons. The van der Waals surface area contributed by atoms with Crippen molar-refractivity contribution >= 4 is 11.8 Å². The predicted molar refractivity (Wildman–Crippen MR) is 65.7 cm³/mol. The van der Waals surface area contributed by atoms with E-state index in [0.29, 0.717) is 5.25 Å². The van der Waals surface area contributed by atoms with Crippen molar-refractivity contribution in [3.63, 3.8) is 0 Å². The molecule has 0 saturated carbocycles. The van der Waals surface area contributed by atoms with E-state index < -0.39 is 0 Å². The topological polar surface area (TPSA) is 26.0 Å². The fraction of sp³-hybridized carbons (Fsp3) is 0.500. The molecule has 1 rings (SSSR count). The summed E-state index contributed by atoms with van der Waals surface area (Å²) >= 11 is 1.81. The van der Waals surface area contributed by atoms with E-state index in [9.17, 15) is 0 Å². The van der Waals surface area contributed by atoms with Crippen molar-refractivity contribution in [1.29, 1.82) is 0 Å². The van der Waals surface area contributed by atoms with Gasteiger partial charge in [-0.3, -0.25) is 0 Å². The molecule has 0 aliphatic rings. The Hall–Kier alpha value is -0.470. The van der Waals surface area contributed by atoms with E-state index in [1.165, 1.54) is 11.1 Å². The minimum atomic E-state index is 0.149. The zero-order chi connectivity index (χ0) is 10.6. The quantitative estimate of drug-likeness (QED) is 0.825. The first-order chi connectivity index (χ1) is 6.69. The van der Waals surface area contributed by atoms with Gasteiger partial charge in [-0.1, -0.05) is 38.1 Å². The third kappa shape index (κ3) is 2.76. The lowest BCUT2D eigenvalue weighted by Gasteiger charge is -2.18. The summed E-state index contributed by atoms with van der Waals surface area (Å²) in [6, 6.07) is 8.78. The van der Waals surface area contributed by atoms with Gasteiger partial charge in [-0.15, -0.1) is 0 Å². The minimum absolute atomic E-state index is 0.149. The molecule has 2 heteroatoms. The normalized spacial score (nSPS) is 15.1. The molecule has 1 nitrogen and oxygen atoms in total. The molecule has 1 aromatic rings. The van der Waals surface area contributed by atoms with Crippen molar-refractivity contribution in [3.8, 4) is 0 Å². The van der Waals surface area contributed by atoms with Crippen LogP contribution in [0.2, 0.25) is 0 Å². The average molecular weight is 209 g/mol. The molecular weight excluding hydrogens is 190 g/mol. The van der Waals surface area contributed by atoms with E-state index in [1.807, 2.05) is 11.8 Å². The van der Waals surface area contributed by atoms with Gasteiger partial charge in [0, 0.05) is 11.3 Å². The summed E-state index contributed by atoms with van der Waals surface area (Å²) in [4.78, 5) is 0. The highest BCUT2D eigenvalue weighted by Crippen LogP contribution is 2.22. The molecule has 0 aromatic heterocycles. The van der Waals surface area contributed by atoms with E-state index in [4.69, 9.17) is 5.73 Å². The number of benzene rings is 1. The Labute approximate surface area is 91.1 Å². The standard InChI is InChI=1S/C12H19NS/c1-4-10-5-7-11(8-6-10)12(13)9(2)14-3/h5-9,12H,4,13H2,1-3H3. The number of nitrogens with two attached hydrogens (primary N) is 1. The Morgan fingerprint density at radius 3 is 2.29 bits per heavy atom. The van der Waals surface area contributed by atoms with Gasteiger partial charge in [0.1, 0.15) is 0 Å². The van der Waals surface area contributed by atoms with Crippen molar-refractivity contribution in [1.82, 2.24) is 0 Å². The summed E-state index contributed by atoms with van der Waals surface area (Å²) in [7, 11) is 0. The van der Waals surface area contributed by atoms with Gasteiger partial charge >= 0.3 is 0 Å². The summed E-state index contributed by atoms with van der Waals surface area (Å²) in [5.41, 5.74) is 8.73. The van der Waals surface area contributed by atoms with Crippen LogP contribution in [-0.2, 0) is 6.42 Å². The van der Waals surface area contributed by atoms with Gasteiger partial charge < -0.3 is 5.73 Å². The molecule has 0 aliphatic heterocycles. The van der Waals surface area contributed by atoms with Crippen molar-refractivity contribution in [2.45, 2.75) is 31.6 Å². The number of hydrogen-bond acceptors (Lipinski definition) is 2. The lowest BCUT2D eigenvalue weighted by atomic mass is 10.0. The Balaban J connectivity index is 2.75. The van der Waals surface area contributed by atoms with Gasteiger partial charge in [0.15, 0.2) is 0 Å². The van der Waals surface area contributed by atoms with Crippen molar-refractivity contribution in [3.05, 3.63) is 35.4 Å². The first-order valence-corrected chi connectivity index (χ1v) is 6.35. The third-order valence-electron chi connectivity index (χ3n) is 2.65. The van der Waals surface area contributed by atoms with Crippen LogP contribution in [0.15, 0.2) is 24.3 Å². The monoisotopic (exact) mass is 209 g/mol. The van der Waals surface area contributed by atoms with Crippen LogP contribution in [0.5, 0.6) is 0 Å². The van der Waals surface area contributed by atoms with E-state index >= 15 is 0 Å². The molecule has 1 aromatic carbocycles. The van der Waals surface area contributed by atoms with Crippen LogP contribution in [-0.4, -0.2) is 11.5 Å². The molecule has 0 spiro atoms. The van der Waals surface area contributed by atoms with E-state index in [1.54, 1.807) is 0 Å². The summed E-state index contributed by atoms with van der Waals surface area (Å²) in [5, 5.41) is 0.475. The summed E-state index contributed by atoms with van der Waals surface area (Å²) in [6.45, 7) is 4.34. The second-order valence-electron chi connectivity index (χ2n) is 3.56. The van der Waals surface area contributed by atoms with Gasteiger partial charge in [-0.25, -0.2) is 0 Å². The molecule has 2 N–H and O–H groups in total. The van der Waals surface area contributed by atoms with Crippen LogP contribution in [0.25, 0.3) is 0 Å². The second kappa shape index (κ2) is 5.42. The zero-order valence-electron chi connectivity index (χ0n) is 9.16. The molecule has 0 amide bonds. The van der Waals surface area contributed by atoms with E-state index in [0.717, 1.165) is 6.42 Å². The van der Waals surface area contributed by atoms with Crippen LogP contribution in [0.4, 0.5) is 0 Å². The lowest BCUT2D eigenvalue weighted by molar-refractivity contribution is 0.716. The number of rotatable bonds is 4. The van der Waals surface area contributed by atoms with Crippen LogP contribution >= 0.6 is 11.8 Å². The molecule has 0 saturated heterocycles. The lowest BCUT2D eigenvalue weighted by Crippen LogP contribution is -2.20. The van der Waals surface area contributed by atoms with Crippen LogP contribution in [0, 0.1) is 0 Å². The van der Waals surface area contributed by atoms with Crippen molar-refractivity contribution in [2.24, 2.45) is 5.73 Å². The SMILES string of the molecule is CCc1ccc(C(N)C(C)SC)cc1. The first kappa shape index (κ1) is 11.6. The number of hydrogen-bond donors (Lipinski definition) is 1. The maximum absolute atomic E-state index is 6.12. The average Bonchev–Trinajstić information content (AvgIpc) is 2.27. The molecule has 0 bridgehead atoms. The summed E-state index contributed by atoms with van der Waals surface area (Å²) in [5.74, 6) is 0. The molecule has 14 heavy (non-hydrogen) atoms. The second-order valence-corrected chi connectivity index (χ2v) is 4.78. The highest BCUT2D eigenvalue weighted by atomic mass is 32.2. The van der Waals surface area contributed by atoms with E-state index in [2.05, 4.69) is 44.4 Å². The first-order valence-electron chi connectivity index (χ1n) is 5.06. The summed E-state index contributed by atoms with van der Waals surface area (Å²) in [6.07, 6.45) is 3.19. The fourth-order valence-corrected chi connectivity index (χ4v) is 1.84. The highest BCUT2D eigenvalue weighted by molar-refractivity contribution is 7.99. The van der Waals surface area contributed by atoms with Crippen molar-refractivity contribution < 1.29 is 0 Å². The minimum Gasteiger partial charge on any atom is -0.323 e. The van der Waals surface area contributed by atoms with Crippen LogP contribution in [0.3, 0.4) is 0 Å². The van der Waals surface area contributed by atoms with Crippen LogP contribution < -0.4 is 5.73 Å². The largest absolute Gasteiger partial charge is 0.323 e. The van der Waals surface area contributed by atoms with Crippen molar-refractivity contribution in [2.75, 3.05) is 6.26 Å². The fourth-order valence-electron chi connectivity index (χ4n) is 1.39. The molecule has 0 aliphatic carbocycles. The van der Waals surface area contributed by atoms with Gasteiger partial charge in [0.2, 0.25) is 0 Å². The van der Waals surface area contributed by atoms with E-state index in [-0.39, 0.29) is 6.04 Å². The molecule has 2 atom stereocenters. The summed E-state index contributed by atoms with van der Waals surface area (Å²) < 4.78 is 0. The number of aryl methyl sites for hydroxylation is 1. The maximum atomic E-state index is 6.12. The van der Waals surface area contributed by atoms with Gasteiger partial charge in [0.25, 0.3) is 0 Å². The molecule has 0 fully saturated rings. The van der Waals surface area contributed by atoms with Gasteiger partial charge in [0.05, 0.1) is 0 Å². The Bertz CT molecular complexity index is 268. The smallest absolute Gasteiger partial charge is 0.0412 e. The molecule has 2 unspecified atom stereocenters. The molecule has 0 heterocycles. The zero-order valence-corrected chi connectivity index (χ0v) is 9.97. The predicted octanol–water partition coefficient (Wildman–Crippen LogP) is 3.00. The highest BCUT2D eigenvalue weighted by Gasteiger charge is 2.12. The Morgan fingerprint density at radius 1 is 1.29 bits per heavy atom. The van der Waals surface area contributed by atoms with Gasteiger partial charge in [-0.05, 0) is 23.8 Å². The Morgan fingerprint density at radius 2 is 1.86 bits per heavy atom. The molecule has 78 valence electrons. The Kier molecular flexibility index (Phi) is 4.49. The van der Waals surface area contributed by atoms with Gasteiger partial charge in [-0.2, -0.15) is 11.8 Å². The third-order valence-corrected chi connectivity index (χ3v) is 3.69. The van der Waals surface area contributed by atoms with Crippen LogP contribution in [0.1, 0.15) is 31.0 Å². The molecular formula is C12H19NS.